The first kappa shape index (κ1) is 44.8. The number of anilines is 4. The van der Waals surface area contributed by atoms with Crippen LogP contribution in [-0.4, -0.2) is 66.8 Å². The largest absolute Gasteiger partial charge is 0.339 e. The number of nitrogens with zero attached hydrogens (tertiary/aromatic N) is 8. The summed E-state index contributed by atoms with van der Waals surface area (Å²) in [5.41, 5.74) is -0.509. The lowest BCUT2D eigenvalue weighted by Gasteiger charge is -2.16. The van der Waals surface area contributed by atoms with Gasteiger partial charge in [-0.15, -0.1) is 20.5 Å². The van der Waals surface area contributed by atoms with Crippen LogP contribution in [0.2, 0.25) is 0 Å². The Morgan fingerprint density at radius 3 is 1.69 bits per heavy atom. The number of nitro groups is 1. The molecule has 29 heteroatoms. The average Bonchev–Trinajstić information content (AvgIpc) is 3.53. The molecule has 0 saturated heterocycles. The highest BCUT2D eigenvalue weighted by Gasteiger charge is 2.26. The fraction of sp³-hybridized carbons (Fsp3) is 0.0606. The van der Waals surface area contributed by atoms with Crippen molar-refractivity contribution < 1.29 is 56.8 Å². The number of nitriles is 1. The summed E-state index contributed by atoms with van der Waals surface area (Å²) in [6, 6.07) is 14.5. The van der Waals surface area contributed by atoms with Crippen molar-refractivity contribution in [2.24, 2.45) is 20.5 Å². The zero-order chi connectivity index (χ0) is 45.5. The second kappa shape index (κ2) is 16.6. The first-order chi connectivity index (χ1) is 28.8. The van der Waals surface area contributed by atoms with Crippen molar-refractivity contribution in [3.63, 3.8) is 0 Å². The summed E-state index contributed by atoms with van der Waals surface area (Å²) in [5, 5.41) is 42.7. The minimum Gasteiger partial charge on any atom is -0.339 e. The van der Waals surface area contributed by atoms with Crippen molar-refractivity contribution >= 4 is 113 Å². The van der Waals surface area contributed by atoms with E-state index in [0.717, 1.165) is 47.7 Å². The highest BCUT2D eigenvalue weighted by molar-refractivity contribution is 7.86. The second-order valence-corrected chi connectivity index (χ2v) is 19.1. The third kappa shape index (κ3) is 9.89. The zero-order valence-corrected chi connectivity index (χ0v) is 35.0. The van der Waals surface area contributed by atoms with Gasteiger partial charge in [0, 0.05) is 39.8 Å². The predicted molar refractivity (Wildman–Crippen MR) is 218 cm³/mol. The van der Waals surface area contributed by atoms with Gasteiger partial charge in [-0.1, -0.05) is 11.3 Å². The molecule has 0 unspecified atom stereocenters. The summed E-state index contributed by atoms with van der Waals surface area (Å²) in [4.78, 5) is 16.3. The molecule has 0 aliphatic heterocycles. The summed E-state index contributed by atoms with van der Waals surface area (Å²) in [7, 11) is -19.4. The first-order valence-electron chi connectivity index (χ1n) is 16.5. The number of aryl methyl sites for hydroxylation is 1. The molecule has 0 bridgehead atoms. The van der Waals surface area contributed by atoms with Gasteiger partial charge in [0.2, 0.25) is 5.13 Å². The smallest absolute Gasteiger partial charge is 0.295 e. The van der Waals surface area contributed by atoms with Gasteiger partial charge in [0.05, 0.1) is 31.7 Å². The monoisotopic (exact) mass is 944 g/mol. The Kier molecular flexibility index (Phi) is 12.0. The molecule has 4 aromatic carbocycles. The van der Waals surface area contributed by atoms with E-state index in [0.29, 0.717) is 12.1 Å². The molecule has 0 spiro atoms. The molecular formula is C33H24N10O14S5. The van der Waals surface area contributed by atoms with Crippen LogP contribution in [0.4, 0.5) is 50.2 Å². The van der Waals surface area contributed by atoms with Crippen molar-refractivity contribution in [3.05, 3.63) is 99.7 Å². The van der Waals surface area contributed by atoms with Crippen molar-refractivity contribution in [2.45, 2.75) is 33.4 Å². The number of thiazole rings is 1. The number of rotatable bonds is 13. The highest BCUT2D eigenvalue weighted by Crippen LogP contribution is 2.41. The van der Waals surface area contributed by atoms with Gasteiger partial charge in [0.25, 0.3) is 46.2 Å². The molecule has 2 heterocycles. The van der Waals surface area contributed by atoms with Gasteiger partial charge in [-0.25, -0.2) is 9.97 Å². The van der Waals surface area contributed by atoms with Crippen LogP contribution in [0, 0.1) is 35.3 Å². The van der Waals surface area contributed by atoms with Gasteiger partial charge in [-0.3, -0.25) is 28.3 Å². The summed E-state index contributed by atoms with van der Waals surface area (Å²) in [5.74, 6) is -0.114. The minimum atomic E-state index is -5.19. The average molecular weight is 945 g/mol. The van der Waals surface area contributed by atoms with Gasteiger partial charge < -0.3 is 10.6 Å². The van der Waals surface area contributed by atoms with E-state index in [1.807, 2.05) is 6.07 Å². The Balaban J connectivity index is 1.40. The molecule has 2 aromatic heterocycles. The molecule has 0 saturated carbocycles. The molecule has 0 aliphatic carbocycles. The van der Waals surface area contributed by atoms with E-state index in [2.05, 4.69) is 41.1 Å². The normalized spacial score (nSPS) is 12.5. The maximum absolute atomic E-state index is 12.3. The topological polar surface area (TPSA) is 384 Å². The SMILES string of the molecule is Cc1nc(N=Nc2c(Nc3ccc(S(=O)(=O)O)cc3)nc(Nc3ccc(S(=O)(=O)O)cc3)c(C#N)c2C)sc1/N=N/c1cc(S(=O)(=O)O)c2cc([N+](=O)[O-])cc(S(=O)(=O)O)c2c1. The number of fused-ring (bicyclic) bond motifs is 1. The zero-order valence-electron chi connectivity index (χ0n) is 30.9. The fourth-order valence-electron chi connectivity index (χ4n) is 5.49. The van der Waals surface area contributed by atoms with Crippen molar-refractivity contribution in [1.29, 1.82) is 5.26 Å². The van der Waals surface area contributed by atoms with Crippen LogP contribution in [-0.2, 0) is 40.5 Å². The van der Waals surface area contributed by atoms with Crippen molar-refractivity contribution in [1.82, 2.24) is 9.97 Å². The summed E-state index contributed by atoms with van der Waals surface area (Å²) >= 11 is 0.791. The summed E-state index contributed by atoms with van der Waals surface area (Å²) in [6.07, 6.45) is 0. The standard InChI is InChI=1S/C33H24N10O14S5/c1-16-26(15-34)30(36-18-3-7-22(8-4-18)59(46,47)48)38-31(37-19-5-9-23(10-6-19)60(49,50)51)29(16)40-42-33-35-17(2)32(58-33)41-39-20-11-24-25(27(12-20)61(52,53)54)13-21(43(44)45)14-28(24)62(55,56)57/h3-14H,1-2H3,(H2,36,37,38)(H,46,47,48)(H,49,50,51)(H,52,53,54)(H,55,56,57)/b41-39+,42-40?. The Labute approximate surface area is 353 Å². The summed E-state index contributed by atoms with van der Waals surface area (Å²) < 4.78 is 134. The van der Waals surface area contributed by atoms with Gasteiger partial charge in [0.1, 0.15) is 21.5 Å². The molecular weight excluding hydrogens is 921 g/mol. The molecule has 0 atom stereocenters. The van der Waals surface area contributed by atoms with Gasteiger partial charge in [-0.2, -0.15) is 38.9 Å². The Hall–Kier alpha value is -6.75. The molecule has 0 aliphatic rings. The van der Waals surface area contributed by atoms with Crippen molar-refractivity contribution in [2.75, 3.05) is 10.6 Å². The lowest BCUT2D eigenvalue weighted by atomic mass is 10.1. The molecule has 24 nitrogen and oxygen atoms in total. The van der Waals surface area contributed by atoms with E-state index in [9.17, 15) is 67.3 Å². The maximum atomic E-state index is 12.3. The first-order valence-corrected chi connectivity index (χ1v) is 23.1. The van der Waals surface area contributed by atoms with Crippen LogP contribution >= 0.6 is 11.3 Å². The number of hydrogen-bond acceptors (Lipinski definition) is 20. The summed E-state index contributed by atoms with van der Waals surface area (Å²) in [6.45, 7) is 2.98. The number of benzene rings is 4. The Morgan fingerprint density at radius 2 is 1.19 bits per heavy atom. The molecule has 6 aromatic rings. The number of aromatic nitrogens is 2. The van der Waals surface area contributed by atoms with Gasteiger partial charge in [0.15, 0.2) is 16.6 Å². The van der Waals surface area contributed by atoms with Crippen molar-refractivity contribution in [3.8, 4) is 6.07 Å². The van der Waals surface area contributed by atoms with Crippen LogP contribution in [0.15, 0.2) is 113 Å². The number of azo groups is 2. The third-order valence-corrected chi connectivity index (χ3v) is 12.8. The Bertz CT molecular complexity index is 3410. The van der Waals surface area contributed by atoms with Crippen LogP contribution in [0.5, 0.6) is 0 Å². The Morgan fingerprint density at radius 1 is 0.677 bits per heavy atom. The number of nitro benzene ring substituents is 1. The van der Waals surface area contributed by atoms with E-state index in [1.54, 1.807) is 0 Å². The number of hydrogen-bond donors (Lipinski definition) is 6. The van der Waals surface area contributed by atoms with Gasteiger partial charge >= 0.3 is 0 Å². The molecule has 0 amide bonds. The molecule has 62 heavy (non-hydrogen) atoms. The quantitative estimate of drug-likeness (QED) is 0.0284. The fourth-order valence-corrected chi connectivity index (χ4v) is 8.59. The predicted octanol–water partition coefficient (Wildman–Crippen LogP) is 7.39. The second-order valence-electron chi connectivity index (χ2n) is 12.5. The van der Waals surface area contributed by atoms with E-state index in [1.165, 1.54) is 38.1 Å². The molecule has 6 N–H and O–H groups in total. The molecule has 320 valence electrons. The minimum absolute atomic E-state index is 0.0347. The van der Waals surface area contributed by atoms with E-state index in [4.69, 9.17) is 0 Å². The lowest BCUT2D eigenvalue weighted by Crippen LogP contribution is -2.05. The number of pyridine rings is 1. The van der Waals surface area contributed by atoms with Gasteiger partial charge in [-0.05, 0) is 74.5 Å². The van der Waals surface area contributed by atoms with Crippen LogP contribution < -0.4 is 10.6 Å². The molecule has 0 radical (unpaired) electrons. The maximum Gasteiger partial charge on any atom is 0.295 e. The van der Waals surface area contributed by atoms with E-state index < -0.39 is 81.4 Å². The lowest BCUT2D eigenvalue weighted by molar-refractivity contribution is -0.384. The van der Waals surface area contributed by atoms with E-state index >= 15 is 0 Å². The molecule has 0 fully saturated rings. The third-order valence-electron chi connectivity index (χ3n) is 8.34. The molecule has 6 rings (SSSR count). The van der Waals surface area contributed by atoms with Crippen LogP contribution in [0.1, 0.15) is 16.8 Å². The highest BCUT2D eigenvalue weighted by atomic mass is 32.2. The van der Waals surface area contributed by atoms with Crippen LogP contribution in [0.3, 0.4) is 0 Å². The number of nitrogens with one attached hydrogen (secondary N) is 2. The van der Waals surface area contributed by atoms with E-state index in [-0.39, 0.29) is 61.3 Å². The van der Waals surface area contributed by atoms with Crippen LogP contribution in [0.25, 0.3) is 10.8 Å². The number of non-ortho nitro benzene ring substituents is 1.